The normalized spacial score (nSPS) is 18.6. The van der Waals surface area contributed by atoms with E-state index in [2.05, 4.69) is 11.6 Å². The number of rotatable bonds is 9. The molecular weight excluding hydrogens is 226 g/mol. The van der Waals surface area contributed by atoms with Gasteiger partial charge in [-0.2, -0.15) is 0 Å². The van der Waals surface area contributed by atoms with Crippen molar-refractivity contribution in [3.63, 3.8) is 0 Å². The highest BCUT2D eigenvalue weighted by Gasteiger charge is 2.41. The SMILES string of the molecule is CCCC1(CNS(=O)(=O)CCCCO)CC1. The molecule has 2 N–H and O–H groups in total. The minimum Gasteiger partial charge on any atom is -0.396 e. The van der Waals surface area contributed by atoms with Crippen molar-refractivity contribution in [3.8, 4) is 0 Å². The zero-order chi connectivity index (χ0) is 12.1. The average molecular weight is 249 g/mol. The summed E-state index contributed by atoms with van der Waals surface area (Å²) in [5, 5.41) is 8.59. The zero-order valence-electron chi connectivity index (χ0n) is 10.0. The Balaban J connectivity index is 2.25. The summed E-state index contributed by atoms with van der Waals surface area (Å²) in [7, 11) is -3.13. The molecule has 1 rings (SSSR count). The largest absolute Gasteiger partial charge is 0.396 e. The lowest BCUT2D eigenvalue weighted by atomic mass is 10.0. The van der Waals surface area contributed by atoms with E-state index in [-0.39, 0.29) is 17.8 Å². The van der Waals surface area contributed by atoms with E-state index in [0.717, 1.165) is 25.7 Å². The first kappa shape index (κ1) is 13.9. The van der Waals surface area contributed by atoms with Gasteiger partial charge in [0.1, 0.15) is 0 Å². The highest BCUT2D eigenvalue weighted by molar-refractivity contribution is 7.89. The third-order valence-electron chi connectivity index (χ3n) is 3.23. The molecule has 5 heteroatoms. The Morgan fingerprint density at radius 2 is 2.00 bits per heavy atom. The van der Waals surface area contributed by atoms with Gasteiger partial charge in [-0.25, -0.2) is 13.1 Å². The number of hydrogen-bond donors (Lipinski definition) is 2. The number of aliphatic hydroxyl groups is 1. The first-order valence-electron chi connectivity index (χ1n) is 6.12. The molecule has 0 unspecified atom stereocenters. The van der Waals surface area contributed by atoms with Gasteiger partial charge in [-0.15, -0.1) is 0 Å². The minimum absolute atomic E-state index is 0.0648. The highest BCUT2D eigenvalue weighted by Crippen LogP contribution is 2.49. The third-order valence-corrected chi connectivity index (χ3v) is 4.64. The summed E-state index contributed by atoms with van der Waals surface area (Å²) in [5.41, 5.74) is 0.263. The van der Waals surface area contributed by atoms with Gasteiger partial charge in [-0.3, -0.25) is 0 Å². The summed E-state index contributed by atoms with van der Waals surface area (Å²) in [6.45, 7) is 2.80. The molecule has 0 atom stereocenters. The fourth-order valence-electron chi connectivity index (χ4n) is 1.96. The summed E-state index contributed by atoms with van der Waals surface area (Å²) in [4.78, 5) is 0. The van der Waals surface area contributed by atoms with Crippen LogP contribution >= 0.6 is 0 Å². The Morgan fingerprint density at radius 1 is 1.31 bits per heavy atom. The lowest BCUT2D eigenvalue weighted by Gasteiger charge is -2.14. The standard InChI is InChI=1S/C11H23NO3S/c1-2-5-11(6-7-11)10-12-16(14,15)9-4-3-8-13/h12-13H,2-10H2,1H3. The maximum Gasteiger partial charge on any atom is 0.211 e. The highest BCUT2D eigenvalue weighted by atomic mass is 32.2. The molecule has 0 spiro atoms. The van der Waals surface area contributed by atoms with Crippen molar-refractivity contribution < 1.29 is 13.5 Å². The molecule has 0 aromatic carbocycles. The van der Waals surface area contributed by atoms with E-state index in [1.165, 1.54) is 0 Å². The van der Waals surface area contributed by atoms with Crippen LogP contribution in [0.4, 0.5) is 0 Å². The van der Waals surface area contributed by atoms with Gasteiger partial charge >= 0.3 is 0 Å². The van der Waals surface area contributed by atoms with E-state index < -0.39 is 10.0 Å². The summed E-state index contributed by atoms with van der Waals surface area (Å²) < 4.78 is 25.9. The molecule has 1 aliphatic carbocycles. The number of unbranched alkanes of at least 4 members (excludes halogenated alkanes) is 1. The number of aliphatic hydroxyl groups excluding tert-OH is 1. The van der Waals surface area contributed by atoms with Crippen molar-refractivity contribution in [2.24, 2.45) is 5.41 Å². The molecule has 0 heterocycles. The number of hydrogen-bond acceptors (Lipinski definition) is 3. The van der Waals surface area contributed by atoms with Crippen molar-refractivity contribution in [2.45, 2.75) is 45.4 Å². The minimum atomic E-state index is -3.13. The van der Waals surface area contributed by atoms with Gasteiger partial charge in [0.05, 0.1) is 5.75 Å². The van der Waals surface area contributed by atoms with Crippen LogP contribution < -0.4 is 4.72 Å². The third kappa shape index (κ3) is 4.80. The quantitative estimate of drug-likeness (QED) is 0.605. The van der Waals surface area contributed by atoms with Crippen LogP contribution in [-0.4, -0.2) is 32.4 Å². The fraction of sp³-hybridized carbons (Fsp3) is 1.00. The lowest BCUT2D eigenvalue weighted by Crippen LogP contribution is -2.32. The average Bonchev–Trinajstić information content (AvgIpc) is 2.97. The van der Waals surface area contributed by atoms with Gasteiger partial charge in [-0.1, -0.05) is 13.3 Å². The molecule has 0 aromatic rings. The van der Waals surface area contributed by atoms with Crippen LogP contribution in [0.3, 0.4) is 0 Å². The monoisotopic (exact) mass is 249 g/mol. The summed E-state index contributed by atoms with van der Waals surface area (Å²) in [6.07, 6.45) is 5.63. The molecule has 0 aromatic heterocycles. The molecule has 96 valence electrons. The predicted molar refractivity (Wildman–Crippen MR) is 64.7 cm³/mol. The Labute approximate surface area is 98.5 Å². The second kappa shape index (κ2) is 5.98. The van der Waals surface area contributed by atoms with Gasteiger partial charge in [0.15, 0.2) is 0 Å². The van der Waals surface area contributed by atoms with E-state index in [1.54, 1.807) is 0 Å². The molecule has 1 aliphatic rings. The zero-order valence-corrected chi connectivity index (χ0v) is 10.9. The van der Waals surface area contributed by atoms with Crippen LogP contribution in [0.5, 0.6) is 0 Å². The van der Waals surface area contributed by atoms with Gasteiger partial charge in [0.2, 0.25) is 10.0 Å². The van der Waals surface area contributed by atoms with Gasteiger partial charge < -0.3 is 5.11 Å². The smallest absolute Gasteiger partial charge is 0.211 e. The van der Waals surface area contributed by atoms with Crippen LogP contribution in [-0.2, 0) is 10.0 Å². The van der Waals surface area contributed by atoms with E-state index in [1.807, 2.05) is 0 Å². The molecule has 16 heavy (non-hydrogen) atoms. The van der Waals surface area contributed by atoms with Crippen molar-refractivity contribution in [3.05, 3.63) is 0 Å². The van der Waals surface area contributed by atoms with Crippen molar-refractivity contribution in [1.82, 2.24) is 4.72 Å². The van der Waals surface area contributed by atoms with Gasteiger partial charge in [0.25, 0.3) is 0 Å². The Bertz CT molecular complexity index is 296. The van der Waals surface area contributed by atoms with Crippen LogP contribution in [0.2, 0.25) is 0 Å². The second-order valence-corrected chi connectivity index (χ2v) is 6.75. The molecule has 4 nitrogen and oxygen atoms in total. The van der Waals surface area contributed by atoms with Crippen LogP contribution in [0.15, 0.2) is 0 Å². The summed E-state index contributed by atoms with van der Waals surface area (Å²) in [6, 6.07) is 0. The number of sulfonamides is 1. The first-order valence-corrected chi connectivity index (χ1v) is 7.77. The van der Waals surface area contributed by atoms with Gasteiger partial charge in [0, 0.05) is 13.2 Å². The van der Waals surface area contributed by atoms with Crippen molar-refractivity contribution in [1.29, 1.82) is 0 Å². The fourth-order valence-corrected chi connectivity index (χ4v) is 3.22. The predicted octanol–water partition coefficient (Wildman–Crippen LogP) is 1.26. The topological polar surface area (TPSA) is 66.4 Å². The van der Waals surface area contributed by atoms with Crippen molar-refractivity contribution in [2.75, 3.05) is 18.9 Å². The Kier molecular flexibility index (Phi) is 5.21. The van der Waals surface area contributed by atoms with Crippen molar-refractivity contribution >= 4 is 10.0 Å². The summed E-state index contributed by atoms with van der Waals surface area (Å²) >= 11 is 0. The van der Waals surface area contributed by atoms with Gasteiger partial charge in [-0.05, 0) is 37.5 Å². The lowest BCUT2D eigenvalue weighted by molar-refractivity contribution is 0.287. The molecule has 0 aliphatic heterocycles. The molecular formula is C11H23NO3S. The molecule has 0 bridgehead atoms. The maximum atomic E-state index is 11.6. The summed E-state index contributed by atoms with van der Waals surface area (Å²) in [5.74, 6) is 0.135. The molecule has 1 saturated carbocycles. The molecule has 0 radical (unpaired) electrons. The molecule has 1 fully saturated rings. The van der Waals surface area contributed by atoms with Crippen LogP contribution in [0, 0.1) is 5.41 Å². The number of nitrogens with one attached hydrogen (secondary N) is 1. The Morgan fingerprint density at radius 3 is 2.50 bits per heavy atom. The van der Waals surface area contributed by atoms with E-state index >= 15 is 0 Å². The van der Waals surface area contributed by atoms with E-state index in [4.69, 9.17) is 5.11 Å². The first-order chi connectivity index (χ1) is 7.54. The maximum absolute atomic E-state index is 11.6. The Hall–Kier alpha value is -0.130. The van der Waals surface area contributed by atoms with E-state index in [9.17, 15) is 8.42 Å². The van der Waals surface area contributed by atoms with E-state index in [0.29, 0.717) is 19.4 Å². The molecule has 0 saturated heterocycles. The van der Waals surface area contributed by atoms with Crippen LogP contribution in [0.1, 0.15) is 45.4 Å². The second-order valence-electron chi connectivity index (χ2n) is 4.82. The van der Waals surface area contributed by atoms with Crippen LogP contribution in [0.25, 0.3) is 0 Å². The molecule has 0 amide bonds.